The minimum atomic E-state index is -0.921. The third kappa shape index (κ3) is 4.52. The summed E-state index contributed by atoms with van der Waals surface area (Å²) in [4.78, 5) is 11.1. The van der Waals surface area contributed by atoms with Crippen LogP contribution in [0.3, 0.4) is 0 Å². The van der Waals surface area contributed by atoms with Gasteiger partial charge < -0.3 is 14.6 Å². The second kappa shape index (κ2) is 8.01. The van der Waals surface area contributed by atoms with Gasteiger partial charge >= 0.3 is 5.97 Å². The molecular weight excluding hydrogens is 378 g/mol. The lowest BCUT2D eigenvalue weighted by Crippen LogP contribution is -2.25. The molecule has 29 heavy (non-hydrogen) atoms. The number of aliphatic carboxylic acids is 1. The molecule has 1 N–H and O–H groups in total. The van der Waals surface area contributed by atoms with Gasteiger partial charge in [0.2, 0.25) is 0 Å². The van der Waals surface area contributed by atoms with Crippen molar-refractivity contribution in [2.45, 2.75) is 59.2 Å². The van der Waals surface area contributed by atoms with Gasteiger partial charge in [0.05, 0.1) is 5.92 Å². The van der Waals surface area contributed by atoms with Crippen LogP contribution in [-0.4, -0.2) is 16.7 Å². The highest BCUT2D eigenvalue weighted by atomic mass is 19.1. The molecule has 1 aliphatic rings. The number of ether oxygens (including phenoxy) is 2. The third-order valence-corrected chi connectivity index (χ3v) is 5.19. The molecule has 2 aromatic rings. The second-order valence-electron chi connectivity index (χ2n) is 8.19. The maximum absolute atomic E-state index is 15.0. The predicted octanol–water partition coefficient (Wildman–Crippen LogP) is 5.08. The Labute approximate surface area is 169 Å². The van der Waals surface area contributed by atoms with Crippen LogP contribution in [0, 0.1) is 17.6 Å². The highest BCUT2D eigenvalue weighted by molar-refractivity contribution is 5.70. The molecule has 2 aromatic carbocycles. The summed E-state index contributed by atoms with van der Waals surface area (Å²) in [6.07, 6.45) is 1.26. The zero-order chi connectivity index (χ0) is 21.3. The molecular formula is C23H26F2O4. The van der Waals surface area contributed by atoms with E-state index in [0.717, 1.165) is 5.56 Å². The lowest BCUT2D eigenvalue weighted by atomic mass is 9.95. The molecule has 6 heteroatoms. The molecule has 0 amide bonds. The second-order valence-corrected chi connectivity index (χ2v) is 8.19. The Hall–Kier alpha value is -2.63. The molecule has 3 rings (SSSR count). The van der Waals surface area contributed by atoms with Crippen molar-refractivity contribution in [2.75, 3.05) is 0 Å². The quantitative estimate of drug-likeness (QED) is 0.699. The Morgan fingerprint density at radius 3 is 2.66 bits per heavy atom. The van der Waals surface area contributed by atoms with Gasteiger partial charge in [-0.3, -0.25) is 4.79 Å². The number of carboxylic acids is 1. The molecule has 1 atom stereocenters. The van der Waals surface area contributed by atoms with Gasteiger partial charge in [0.1, 0.15) is 23.8 Å². The molecule has 156 valence electrons. The minimum Gasteiger partial charge on any atom is -0.487 e. The van der Waals surface area contributed by atoms with Gasteiger partial charge in [0.15, 0.2) is 11.6 Å². The average molecular weight is 404 g/mol. The number of fused-ring (bicyclic) bond motifs is 1. The van der Waals surface area contributed by atoms with Crippen molar-refractivity contribution < 1.29 is 28.2 Å². The summed E-state index contributed by atoms with van der Waals surface area (Å²) >= 11 is 0. The van der Waals surface area contributed by atoms with Gasteiger partial charge in [-0.2, -0.15) is 0 Å². The number of hydrogen-bond acceptors (Lipinski definition) is 3. The number of halogens is 2. The van der Waals surface area contributed by atoms with Crippen molar-refractivity contribution in [3.05, 3.63) is 58.2 Å². The first-order valence-corrected chi connectivity index (χ1v) is 9.77. The van der Waals surface area contributed by atoms with Gasteiger partial charge in [-0.25, -0.2) is 8.78 Å². The molecule has 1 unspecified atom stereocenters. The van der Waals surface area contributed by atoms with E-state index in [1.165, 1.54) is 18.2 Å². The van der Waals surface area contributed by atoms with E-state index >= 15 is 0 Å². The van der Waals surface area contributed by atoms with Crippen LogP contribution in [-0.2, 0) is 30.7 Å². The number of benzene rings is 2. The van der Waals surface area contributed by atoms with Gasteiger partial charge in [0.25, 0.3) is 0 Å². The van der Waals surface area contributed by atoms with Crippen LogP contribution in [0.25, 0.3) is 0 Å². The number of carbonyl (C=O) groups is 1. The zero-order valence-corrected chi connectivity index (χ0v) is 17.1. The van der Waals surface area contributed by atoms with E-state index in [1.54, 1.807) is 13.0 Å². The first-order chi connectivity index (χ1) is 13.6. The molecule has 0 aromatic heterocycles. The molecule has 0 radical (unpaired) electrons. The summed E-state index contributed by atoms with van der Waals surface area (Å²) in [5.41, 5.74) is 1.99. The summed E-state index contributed by atoms with van der Waals surface area (Å²) in [6.45, 7) is 7.24. The topological polar surface area (TPSA) is 55.8 Å². The fourth-order valence-electron chi connectivity index (χ4n) is 3.75. The number of hydrogen-bond donors (Lipinski definition) is 1. The van der Waals surface area contributed by atoms with Crippen molar-refractivity contribution in [2.24, 2.45) is 5.92 Å². The molecule has 1 aliphatic heterocycles. The fraction of sp³-hybridized carbons (Fsp3) is 0.435. The first-order valence-electron chi connectivity index (χ1n) is 9.77. The van der Waals surface area contributed by atoms with Crippen LogP contribution >= 0.6 is 0 Å². The Morgan fingerprint density at radius 1 is 1.28 bits per heavy atom. The molecule has 0 saturated heterocycles. The minimum absolute atomic E-state index is 0.0267. The standard InChI is InChI=1S/C23H26F2O4/c1-5-18-14(8-13(2)22(26)27)6-7-19(20(18)25)28-12-16-10-17(24)9-15-11-23(3,4)29-21(15)16/h6-7,9-10,13H,5,8,11-12H2,1-4H3,(H,26,27). The highest BCUT2D eigenvalue weighted by Crippen LogP contribution is 2.39. The maximum Gasteiger partial charge on any atom is 0.306 e. The number of rotatable bonds is 7. The predicted molar refractivity (Wildman–Crippen MR) is 105 cm³/mol. The van der Waals surface area contributed by atoms with Crippen LogP contribution in [0.15, 0.2) is 24.3 Å². The van der Waals surface area contributed by atoms with Crippen LogP contribution in [0.2, 0.25) is 0 Å². The van der Waals surface area contributed by atoms with Gasteiger partial charge in [0, 0.05) is 17.5 Å². The monoisotopic (exact) mass is 404 g/mol. The lowest BCUT2D eigenvalue weighted by Gasteiger charge is -2.19. The van der Waals surface area contributed by atoms with E-state index in [-0.39, 0.29) is 24.6 Å². The van der Waals surface area contributed by atoms with Crippen LogP contribution in [0.5, 0.6) is 11.5 Å². The van der Waals surface area contributed by atoms with E-state index in [2.05, 4.69) is 0 Å². The maximum atomic E-state index is 15.0. The van der Waals surface area contributed by atoms with E-state index in [1.807, 2.05) is 20.8 Å². The Morgan fingerprint density at radius 2 is 2.00 bits per heavy atom. The third-order valence-electron chi connectivity index (χ3n) is 5.19. The van der Waals surface area contributed by atoms with E-state index in [4.69, 9.17) is 14.6 Å². The van der Waals surface area contributed by atoms with Crippen LogP contribution in [0.4, 0.5) is 8.78 Å². The van der Waals surface area contributed by atoms with Gasteiger partial charge in [-0.05, 0) is 56.0 Å². The first kappa shape index (κ1) is 21.1. The molecule has 0 fully saturated rings. The van der Waals surface area contributed by atoms with Crippen molar-refractivity contribution in [1.29, 1.82) is 0 Å². The molecule has 0 saturated carbocycles. The Bertz CT molecular complexity index is 937. The summed E-state index contributed by atoms with van der Waals surface area (Å²) in [5, 5.41) is 9.12. The summed E-state index contributed by atoms with van der Waals surface area (Å²) in [7, 11) is 0. The largest absolute Gasteiger partial charge is 0.487 e. The molecule has 0 spiro atoms. The Balaban J connectivity index is 1.83. The summed E-state index contributed by atoms with van der Waals surface area (Å²) < 4.78 is 40.6. The summed E-state index contributed by atoms with van der Waals surface area (Å²) in [6, 6.07) is 6.01. The van der Waals surface area contributed by atoms with E-state index in [9.17, 15) is 13.6 Å². The molecule has 4 nitrogen and oxygen atoms in total. The van der Waals surface area contributed by atoms with Crippen molar-refractivity contribution >= 4 is 5.97 Å². The van der Waals surface area contributed by atoms with Crippen molar-refractivity contribution in [3.63, 3.8) is 0 Å². The lowest BCUT2D eigenvalue weighted by molar-refractivity contribution is -0.141. The molecule has 0 bridgehead atoms. The van der Waals surface area contributed by atoms with Crippen LogP contribution in [0.1, 0.15) is 49.9 Å². The van der Waals surface area contributed by atoms with E-state index < -0.39 is 23.3 Å². The SMILES string of the molecule is CCc1c(CC(C)C(=O)O)ccc(OCc2cc(F)cc3c2OC(C)(C)C3)c1F. The van der Waals surface area contributed by atoms with Gasteiger partial charge in [-0.15, -0.1) is 0 Å². The normalized spacial score (nSPS) is 15.5. The zero-order valence-electron chi connectivity index (χ0n) is 17.1. The fourth-order valence-corrected chi connectivity index (χ4v) is 3.75. The van der Waals surface area contributed by atoms with Crippen molar-refractivity contribution in [1.82, 2.24) is 0 Å². The average Bonchev–Trinajstić information content (AvgIpc) is 2.94. The number of carboxylic acid groups (broad SMARTS) is 1. The van der Waals surface area contributed by atoms with E-state index in [0.29, 0.717) is 35.3 Å². The summed E-state index contributed by atoms with van der Waals surface area (Å²) in [5.74, 6) is -1.76. The Kier molecular flexibility index (Phi) is 5.82. The highest BCUT2D eigenvalue weighted by Gasteiger charge is 2.32. The van der Waals surface area contributed by atoms with Crippen LogP contribution < -0.4 is 9.47 Å². The molecule has 0 aliphatic carbocycles. The van der Waals surface area contributed by atoms with Crippen molar-refractivity contribution in [3.8, 4) is 11.5 Å². The smallest absolute Gasteiger partial charge is 0.306 e. The molecule has 1 heterocycles. The van der Waals surface area contributed by atoms with Gasteiger partial charge in [-0.1, -0.05) is 19.9 Å².